The summed E-state index contributed by atoms with van der Waals surface area (Å²) in [5, 5.41) is 11.9. The second kappa shape index (κ2) is 9.62. The Morgan fingerprint density at radius 2 is 1.83 bits per heavy atom. The second-order valence-corrected chi connectivity index (χ2v) is 7.17. The summed E-state index contributed by atoms with van der Waals surface area (Å²) in [6.45, 7) is 0. The van der Waals surface area contributed by atoms with Crippen molar-refractivity contribution in [2.45, 2.75) is 12.8 Å². The maximum atomic E-state index is 10.6. The van der Waals surface area contributed by atoms with E-state index in [1.54, 1.807) is 0 Å². The van der Waals surface area contributed by atoms with Gasteiger partial charge in [0.1, 0.15) is 5.76 Å². The van der Waals surface area contributed by atoms with Crippen molar-refractivity contribution in [3.63, 3.8) is 0 Å². The Morgan fingerprint density at radius 1 is 1.00 bits per heavy atom. The summed E-state index contributed by atoms with van der Waals surface area (Å²) in [5.41, 5.74) is 5.27. The van der Waals surface area contributed by atoms with Gasteiger partial charge in [0.2, 0.25) is 0 Å². The molecular formula is C28H25NO. The number of rotatable bonds is 6. The van der Waals surface area contributed by atoms with Gasteiger partial charge in [-0.05, 0) is 41.7 Å². The van der Waals surface area contributed by atoms with Gasteiger partial charge in [-0.25, -0.2) is 0 Å². The van der Waals surface area contributed by atoms with Crippen molar-refractivity contribution in [2.75, 3.05) is 0 Å². The highest BCUT2D eigenvalue weighted by molar-refractivity contribution is 5.88. The van der Waals surface area contributed by atoms with Crippen LogP contribution in [-0.4, -0.2) is 10.1 Å². The molecule has 0 spiro atoms. The smallest absolute Gasteiger partial charge is 0.123 e. The molecule has 0 saturated carbocycles. The van der Waals surface area contributed by atoms with Gasteiger partial charge in [-0.15, -0.1) is 0 Å². The number of nitrogens with one attached hydrogen (secondary N) is 1. The molecule has 148 valence electrons. The van der Waals surface area contributed by atoms with Crippen molar-refractivity contribution in [1.82, 2.24) is 4.98 Å². The minimum atomic E-state index is 0.272. The Kier molecular flexibility index (Phi) is 6.26. The van der Waals surface area contributed by atoms with E-state index >= 15 is 0 Å². The van der Waals surface area contributed by atoms with Crippen LogP contribution in [0, 0.1) is 0 Å². The second-order valence-electron chi connectivity index (χ2n) is 7.17. The van der Waals surface area contributed by atoms with Crippen LogP contribution in [-0.2, 0) is 0 Å². The molecule has 2 heteroatoms. The molecule has 30 heavy (non-hydrogen) atoms. The van der Waals surface area contributed by atoms with Gasteiger partial charge in [-0.1, -0.05) is 97.1 Å². The van der Waals surface area contributed by atoms with Crippen LogP contribution in [0.25, 0.3) is 22.7 Å². The van der Waals surface area contributed by atoms with Crippen LogP contribution in [0.1, 0.15) is 24.0 Å². The van der Waals surface area contributed by atoms with E-state index in [0.717, 1.165) is 35.1 Å². The highest BCUT2D eigenvalue weighted by Crippen LogP contribution is 2.23. The van der Waals surface area contributed by atoms with Crippen molar-refractivity contribution in [1.29, 1.82) is 0 Å². The van der Waals surface area contributed by atoms with Crippen LogP contribution in [0.3, 0.4) is 0 Å². The molecule has 2 N–H and O–H groups in total. The summed E-state index contributed by atoms with van der Waals surface area (Å²) >= 11 is 0. The largest absolute Gasteiger partial charge is 0.507 e. The number of H-pyrrole nitrogens is 1. The van der Waals surface area contributed by atoms with Gasteiger partial charge in [-0.3, -0.25) is 0 Å². The van der Waals surface area contributed by atoms with Crippen molar-refractivity contribution >= 4 is 22.7 Å². The molecule has 0 amide bonds. The molecule has 2 aromatic carbocycles. The van der Waals surface area contributed by atoms with Crippen molar-refractivity contribution in [2.24, 2.45) is 0 Å². The van der Waals surface area contributed by atoms with Crippen LogP contribution in [0.15, 0.2) is 121 Å². The lowest BCUT2D eigenvalue weighted by Gasteiger charge is -2.06. The fraction of sp³-hybridized carbons (Fsp3) is 0.0714. The quantitative estimate of drug-likeness (QED) is 0.330. The lowest BCUT2D eigenvalue weighted by atomic mass is 10.0. The minimum Gasteiger partial charge on any atom is -0.507 e. The monoisotopic (exact) mass is 391 g/mol. The summed E-state index contributed by atoms with van der Waals surface area (Å²) in [4.78, 5) is 3.31. The molecule has 4 rings (SSSR count). The number of benzene rings is 2. The number of aromatic nitrogens is 1. The van der Waals surface area contributed by atoms with Gasteiger partial charge in [-0.2, -0.15) is 0 Å². The Morgan fingerprint density at radius 3 is 2.73 bits per heavy atom. The first-order chi connectivity index (χ1) is 14.8. The maximum absolute atomic E-state index is 10.6. The fourth-order valence-electron chi connectivity index (χ4n) is 3.52. The zero-order valence-corrected chi connectivity index (χ0v) is 16.8. The van der Waals surface area contributed by atoms with E-state index in [1.165, 1.54) is 10.9 Å². The number of allylic oxidation sites excluding steroid dienone is 10. The Balaban J connectivity index is 1.59. The van der Waals surface area contributed by atoms with Gasteiger partial charge < -0.3 is 10.1 Å². The van der Waals surface area contributed by atoms with Crippen LogP contribution in [0.5, 0.6) is 0 Å². The third-order valence-electron chi connectivity index (χ3n) is 5.08. The molecule has 2 nitrogen and oxygen atoms in total. The third-order valence-corrected chi connectivity index (χ3v) is 5.08. The Hall–Kier alpha value is -3.78. The van der Waals surface area contributed by atoms with Crippen LogP contribution >= 0.6 is 0 Å². The molecule has 0 atom stereocenters. The van der Waals surface area contributed by atoms with E-state index in [4.69, 9.17) is 0 Å². The maximum Gasteiger partial charge on any atom is 0.123 e. The number of hydrogen-bond acceptors (Lipinski definition) is 1. The van der Waals surface area contributed by atoms with Gasteiger partial charge >= 0.3 is 0 Å². The van der Waals surface area contributed by atoms with E-state index in [9.17, 15) is 5.11 Å². The molecule has 1 aliphatic carbocycles. The summed E-state index contributed by atoms with van der Waals surface area (Å²) in [6, 6.07) is 18.0. The summed E-state index contributed by atoms with van der Waals surface area (Å²) < 4.78 is 0. The number of hydrogen-bond donors (Lipinski definition) is 2. The summed E-state index contributed by atoms with van der Waals surface area (Å²) in [5.74, 6) is 0.272. The van der Waals surface area contributed by atoms with Crippen LogP contribution < -0.4 is 0 Å². The summed E-state index contributed by atoms with van der Waals surface area (Å²) in [7, 11) is 0. The molecule has 3 aromatic rings. The first kappa shape index (κ1) is 19.5. The predicted octanol–water partition coefficient (Wildman–Crippen LogP) is 7.54. The highest BCUT2D eigenvalue weighted by atomic mass is 16.3. The minimum absolute atomic E-state index is 0.272. The zero-order chi connectivity index (χ0) is 20.6. The number of fused-ring (bicyclic) bond motifs is 1. The molecule has 0 aliphatic heterocycles. The summed E-state index contributed by atoms with van der Waals surface area (Å²) in [6.07, 6.45) is 22.5. The average Bonchev–Trinajstić information content (AvgIpc) is 3.00. The zero-order valence-electron chi connectivity index (χ0n) is 16.8. The van der Waals surface area contributed by atoms with E-state index in [-0.39, 0.29) is 5.76 Å². The molecule has 0 saturated heterocycles. The van der Waals surface area contributed by atoms with Crippen molar-refractivity contribution in [3.8, 4) is 0 Å². The fourth-order valence-corrected chi connectivity index (χ4v) is 3.52. The Labute approximate surface area is 177 Å². The first-order valence-electron chi connectivity index (χ1n) is 10.2. The highest BCUT2D eigenvalue weighted by Gasteiger charge is 2.04. The number of aromatic amines is 1. The average molecular weight is 392 g/mol. The Bertz CT molecular complexity index is 1180. The molecule has 1 aliphatic rings. The van der Waals surface area contributed by atoms with Gasteiger partial charge in [0, 0.05) is 22.7 Å². The van der Waals surface area contributed by atoms with Gasteiger partial charge in [0.15, 0.2) is 0 Å². The van der Waals surface area contributed by atoms with E-state index in [0.29, 0.717) is 0 Å². The molecule has 0 fully saturated rings. The predicted molar refractivity (Wildman–Crippen MR) is 128 cm³/mol. The van der Waals surface area contributed by atoms with Crippen LogP contribution in [0.2, 0.25) is 0 Å². The SMILES string of the molecule is O/C(=C\C(=C/C/C=C/c1c[nH]c2ccccc12)C1=CCC=CC=C1)c1ccccc1. The van der Waals surface area contributed by atoms with E-state index in [2.05, 4.69) is 65.7 Å². The molecular weight excluding hydrogens is 366 g/mol. The molecule has 0 unspecified atom stereocenters. The number of para-hydroxylation sites is 1. The van der Waals surface area contributed by atoms with Gasteiger partial charge in [0.25, 0.3) is 0 Å². The topological polar surface area (TPSA) is 36.0 Å². The van der Waals surface area contributed by atoms with Gasteiger partial charge in [0.05, 0.1) is 0 Å². The lowest BCUT2D eigenvalue weighted by molar-refractivity contribution is 0.511. The molecule has 0 bridgehead atoms. The van der Waals surface area contributed by atoms with Crippen LogP contribution in [0.4, 0.5) is 0 Å². The lowest BCUT2D eigenvalue weighted by Crippen LogP contribution is -1.88. The normalized spacial score (nSPS) is 15.0. The standard InChI is InChI=1S/C28H25NO/c30-28(23-14-6-3-7-15-23)20-24(22-12-4-1-2-5-13-22)16-8-9-17-25-21-29-27-19-11-10-18-26(25)27/h1-4,6-7,9-21,29-30H,5,8H2/b17-9+,24-16+,28-20-. The molecule has 0 radical (unpaired) electrons. The first-order valence-corrected chi connectivity index (χ1v) is 10.2. The number of aliphatic hydroxyl groups is 1. The number of aliphatic hydroxyl groups excluding tert-OH is 1. The third kappa shape index (κ3) is 4.79. The van der Waals surface area contributed by atoms with E-state index < -0.39 is 0 Å². The van der Waals surface area contributed by atoms with Crippen molar-refractivity contribution in [3.05, 3.63) is 132 Å². The molecule has 1 aromatic heterocycles. The molecule has 1 heterocycles. The van der Waals surface area contributed by atoms with E-state index in [1.807, 2.05) is 54.7 Å². The van der Waals surface area contributed by atoms with Crippen molar-refractivity contribution < 1.29 is 5.11 Å².